The van der Waals surface area contributed by atoms with Crippen molar-refractivity contribution >= 4 is 11.7 Å². The van der Waals surface area contributed by atoms with Gasteiger partial charge in [-0.05, 0) is 19.1 Å². The van der Waals surface area contributed by atoms with Crippen molar-refractivity contribution in [1.29, 1.82) is 0 Å². The molecule has 0 atom stereocenters. The highest BCUT2D eigenvalue weighted by atomic mass is 16.5. The summed E-state index contributed by atoms with van der Waals surface area (Å²) in [6, 6.07) is 3.47. The van der Waals surface area contributed by atoms with Gasteiger partial charge in [-0.15, -0.1) is 0 Å². The number of rotatable bonds is 6. The zero-order chi connectivity index (χ0) is 14.4. The molecule has 0 fully saturated rings. The summed E-state index contributed by atoms with van der Waals surface area (Å²) in [7, 11) is 3.10. The zero-order valence-corrected chi connectivity index (χ0v) is 11.5. The van der Waals surface area contributed by atoms with Crippen LogP contribution in [0.4, 0.5) is 5.69 Å². The van der Waals surface area contributed by atoms with Gasteiger partial charge in [0.2, 0.25) is 0 Å². The van der Waals surface area contributed by atoms with E-state index < -0.39 is 5.97 Å². The van der Waals surface area contributed by atoms with Crippen LogP contribution in [0.2, 0.25) is 0 Å². The van der Waals surface area contributed by atoms with Gasteiger partial charge in [-0.2, -0.15) is 0 Å². The number of methoxy groups -OCH3 is 2. The van der Waals surface area contributed by atoms with Gasteiger partial charge in [0.25, 0.3) is 0 Å². The van der Waals surface area contributed by atoms with E-state index in [1.165, 1.54) is 7.11 Å². The first kappa shape index (κ1) is 14.9. The van der Waals surface area contributed by atoms with Crippen LogP contribution in [-0.2, 0) is 16.0 Å². The number of nitrogens with two attached hydrogens (primary N) is 1. The molecule has 0 bridgehead atoms. The lowest BCUT2D eigenvalue weighted by Gasteiger charge is -2.15. The number of ether oxygens (including phenoxy) is 3. The lowest BCUT2D eigenvalue weighted by atomic mass is 10.1. The minimum Gasteiger partial charge on any atom is -0.496 e. The van der Waals surface area contributed by atoms with Gasteiger partial charge >= 0.3 is 5.97 Å². The van der Waals surface area contributed by atoms with Gasteiger partial charge in [0, 0.05) is 17.6 Å². The van der Waals surface area contributed by atoms with E-state index >= 15 is 0 Å². The number of esters is 1. The van der Waals surface area contributed by atoms with E-state index in [1.54, 1.807) is 26.2 Å². The van der Waals surface area contributed by atoms with E-state index in [4.69, 9.17) is 19.9 Å². The molecule has 0 saturated heterocycles. The van der Waals surface area contributed by atoms with Crippen LogP contribution in [0.1, 0.15) is 12.5 Å². The predicted molar refractivity (Wildman–Crippen MR) is 73.4 cm³/mol. The van der Waals surface area contributed by atoms with Gasteiger partial charge in [0.15, 0.2) is 0 Å². The molecule has 0 radical (unpaired) electrons. The maximum Gasteiger partial charge on any atom is 0.333 e. The Kier molecular flexibility index (Phi) is 5.23. The summed E-state index contributed by atoms with van der Waals surface area (Å²) in [5.41, 5.74) is 7.50. The summed E-state index contributed by atoms with van der Waals surface area (Å²) in [4.78, 5) is 11.3. The Morgan fingerprint density at radius 2 is 2.00 bits per heavy atom. The van der Waals surface area contributed by atoms with Crippen molar-refractivity contribution in [2.24, 2.45) is 0 Å². The first-order valence-corrected chi connectivity index (χ1v) is 5.83. The van der Waals surface area contributed by atoms with E-state index in [1.807, 2.05) is 0 Å². The molecule has 0 saturated carbocycles. The van der Waals surface area contributed by atoms with Crippen LogP contribution in [0, 0.1) is 0 Å². The molecule has 19 heavy (non-hydrogen) atoms. The molecule has 0 heterocycles. The first-order chi connectivity index (χ1) is 9.01. The van der Waals surface area contributed by atoms with Crippen LogP contribution >= 0.6 is 0 Å². The molecule has 0 amide bonds. The monoisotopic (exact) mass is 265 g/mol. The predicted octanol–water partition coefficient (Wildman–Crippen LogP) is 1.95. The Morgan fingerprint density at radius 3 is 2.53 bits per heavy atom. The van der Waals surface area contributed by atoms with Gasteiger partial charge < -0.3 is 19.9 Å². The lowest BCUT2D eigenvalue weighted by Crippen LogP contribution is -2.10. The number of carbonyl (C=O) groups excluding carboxylic acids is 1. The second kappa shape index (κ2) is 6.68. The largest absolute Gasteiger partial charge is 0.496 e. The fraction of sp³-hybridized carbons (Fsp3) is 0.357. The van der Waals surface area contributed by atoms with Crippen LogP contribution in [0.3, 0.4) is 0 Å². The second-order valence-electron chi connectivity index (χ2n) is 4.04. The van der Waals surface area contributed by atoms with Crippen LogP contribution in [0.25, 0.3) is 0 Å². The zero-order valence-electron chi connectivity index (χ0n) is 11.5. The van der Waals surface area contributed by atoms with Gasteiger partial charge in [-0.25, -0.2) is 4.79 Å². The fourth-order valence-electron chi connectivity index (χ4n) is 1.67. The number of hydrogen-bond donors (Lipinski definition) is 1. The Hall–Kier alpha value is -2.17. The molecule has 0 aliphatic carbocycles. The molecule has 1 aromatic carbocycles. The topological polar surface area (TPSA) is 70.8 Å². The minimum atomic E-state index is -0.415. The summed E-state index contributed by atoms with van der Waals surface area (Å²) >= 11 is 0. The van der Waals surface area contributed by atoms with Gasteiger partial charge in [0.05, 0.1) is 26.5 Å². The van der Waals surface area contributed by atoms with Crippen LogP contribution < -0.4 is 15.2 Å². The van der Waals surface area contributed by atoms with E-state index in [-0.39, 0.29) is 6.61 Å². The molecule has 1 rings (SSSR count). The third-order valence-corrected chi connectivity index (χ3v) is 2.61. The number of carbonyl (C=O) groups is 1. The van der Waals surface area contributed by atoms with Crippen molar-refractivity contribution in [1.82, 2.24) is 0 Å². The average Bonchev–Trinajstić information content (AvgIpc) is 2.38. The summed E-state index contributed by atoms with van der Waals surface area (Å²) in [6.07, 6.45) is 0.455. The highest BCUT2D eigenvalue weighted by Crippen LogP contribution is 2.34. The quantitative estimate of drug-likeness (QED) is 0.483. The van der Waals surface area contributed by atoms with Crippen molar-refractivity contribution < 1.29 is 19.0 Å². The molecule has 0 unspecified atom stereocenters. The standard InChI is InChI=1S/C14H19NO4/c1-9(2)14(16)19-8-7-10-12(17-3)6-5-11(15)13(10)18-4/h5-6H,1,7-8,15H2,2-4H3. The third kappa shape index (κ3) is 3.64. The van der Waals surface area contributed by atoms with Crippen LogP contribution in [0.15, 0.2) is 24.3 Å². The van der Waals surface area contributed by atoms with Crippen LogP contribution in [0.5, 0.6) is 11.5 Å². The van der Waals surface area contributed by atoms with Crippen molar-refractivity contribution in [3.63, 3.8) is 0 Å². The second-order valence-corrected chi connectivity index (χ2v) is 4.04. The van der Waals surface area contributed by atoms with Crippen molar-refractivity contribution in [2.45, 2.75) is 13.3 Å². The third-order valence-electron chi connectivity index (χ3n) is 2.61. The molecular weight excluding hydrogens is 246 g/mol. The highest BCUT2D eigenvalue weighted by Gasteiger charge is 2.14. The fourth-order valence-corrected chi connectivity index (χ4v) is 1.67. The van der Waals surface area contributed by atoms with Crippen LogP contribution in [-0.4, -0.2) is 26.8 Å². The van der Waals surface area contributed by atoms with Gasteiger partial charge in [-0.1, -0.05) is 6.58 Å². The maximum absolute atomic E-state index is 11.3. The first-order valence-electron chi connectivity index (χ1n) is 5.83. The normalized spacial score (nSPS) is 9.84. The van der Waals surface area contributed by atoms with E-state index in [0.29, 0.717) is 29.2 Å². The molecular formula is C14H19NO4. The maximum atomic E-state index is 11.3. The summed E-state index contributed by atoms with van der Waals surface area (Å²) < 4.78 is 15.6. The van der Waals surface area contributed by atoms with E-state index in [9.17, 15) is 4.79 Å². The minimum absolute atomic E-state index is 0.210. The SMILES string of the molecule is C=C(C)C(=O)OCCc1c(OC)ccc(N)c1OC. The summed E-state index contributed by atoms with van der Waals surface area (Å²) in [5, 5.41) is 0. The Balaban J connectivity index is 2.84. The lowest BCUT2D eigenvalue weighted by molar-refractivity contribution is -0.138. The van der Waals surface area contributed by atoms with Gasteiger partial charge in [-0.3, -0.25) is 0 Å². The number of hydrogen-bond acceptors (Lipinski definition) is 5. The molecule has 1 aromatic rings. The Bertz CT molecular complexity index is 483. The smallest absolute Gasteiger partial charge is 0.333 e. The Labute approximate surface area is 113 Å². The van der Waals surface area contributed by atoms with Crippen molar-refractivity contribution in [2.75, 3.05) is 26.6 Å². The molecule has 0 aliphatic rings. The average molecular weight is 265 g/mol. The molecule has 0 aliphatic heterocycles. The Morgan fingerprint density at radius 1 is 1.32 bits per heavy atom. The molecule has 2 N–H and O–H groups in total. The van der Waals surface area contributed by atoms with Gasteiger partial charge in [0.1, 0.15) is 11.5 Å². The van der Waals surface area contributed by atoms with E-state index in [2.05, 4.69) is 6.58 Å². The molecule has 5 heteroatoms. The molecule has 0 aromatic heterocycles. The number of benzene rings is 1. The number of nitrogen functional groups attached to an aromatic ring is 1. The van der Waals surface area contributed by atoms with Crippen molar-refractivity contribution in [3.05, 3.63) is 29.8 Å². The molecule has 104 valence electrons. The number of anilines is 1. The highest BCUT2D eigenvalue weighted by molar-refractivity contribution is 5.86. The van der Waals surface area contributed by atoms with E-state index in [0.717, 1.165) is 5.56 Å². The van der Waals surface area contributed by atoms with Crippen molar-refractivity contribution in [3.8, 4) is 11.5 Å². The molecule has 5 nitrogen and oxygen atoms in total. The summed E-state index contributed by atoms with van der Waals surface area (Å²) in [6.45, 7) is 5.33. The molecule has 0 spiro atoms. The summed E-state index contributed by atoms with van der Waals surface area (Å²) in [5.74, 6) is 0.782.